The molecule has 2 radical (unpaired) electrons. The van der Waals surface area contributed by atoms with Crippen molar-refractivity contribution in [2.75, 3.05) is 0 Å². The van der Waals surface area contributed by atoms with Crippen LogP contribution >= 0.6 is 0 Å². The summed E-state index contributed by atoms with van der Waals surface area (Å²) >= 11 is 0. The quantitative estimate of drug-likeness (QED) is 0.436. The van der Waals surface area contributed by atoms with Gasteiger partial charge in [0.1, 0.15) is 19.9 Å². The maximum absolute atomic E-state index is 8.90. The SMILES string of the molecule is [B][C@@H]1OC=C(O)CC1O. The maximum Gasteiger partial charge on any atom is 0.130 e. The minimum atomic E-state index is -0.782. The molecule has 1 aliphatic rings. The number of hydrogen-bond acceptors (Lipinski definition) is 3. The number of rotatable bonds is 0. The minimum absolute atomic E-state index is 0.0317. The molecule has 0 aromatic rings. The molecule has 1 heterocycles. The van der Waals surface area contributed by atoms with E-state index in [4.69, 9.17) is 18.1 Å². The molecule has 2 N–H and O–H groups in total. The maximum atomic E-state index is 8.90. The van der Waals surface area contributed by atoms with E-state index in [1.807, 2.05) is 0 Å². The van der Waals surface area contributed by atoms with E-state index in [-0.39, 0.29) is 12.2 Å². The summed E-state index contributed by atoms with van der Waals surface area (Å²) in [6, 6.07) is -0.694. The highest BCUT2D eigenvalue weighted by Crippen LogP contribution is 2.13. The van der Waals surface area contributed by atoms with Crippen molar-refractivity contribution in [2.45, 2.75) is 18.5 Å². The van der Waals surface area contributed by atoms with E-state index in [2.05, 4.69) is 4.74 Å². The highest BCUT2D eigenvalue weighted by atomic mass is 16.5. The third-order valence-corrected chi connectivity index (χ3v) is 1.16. The van der Waals surface area contributed by atoms with E-state index >= 15 is 0 Å². The lowest BCUT2D eigenvalue weighted by molar-refractivity contribution is 0.0265. The Balaban J connectivity index is 2.54. The molecule has 0 saturated heterocycles. The number of aliphatic hydroxyl groups excluding tert-OH is 2. The van der Waals surface area contributed by atoms with Crippen molar-refractivity contribution in [1.29, 1.82) is 0 Å². The van der Waals surface area contributed by atoms with Crippen LogP contribution in [0.25, 0.3) is 0 Å². The Bertz CT molecular complexity index is 134. The first-order valence-electron chi connectivity index (χ1n) is 2.67. The second-order valence-electron chi connectivity index (χ2n) is 1.98. The van der Waals surface area contributed by atoms with Crippen LogP contribution in [0, 0.1) is 0 Å². The Kier molecular flexibility index (Phi) is 1.66. The van der Waals surface area contributed by atoms with Gasteiger partial charge in [-0.1, -0.05) is 0 Å². The van der Waals surface area contributed by atoms with Gasteiger partial charge >= 0.3 is 0 Å². The zero-order chi connectivity index (χ0) is 6.85. The second-order valence-corrected chi connectivity index (χ2v) is 1.98. The summed E-state index contributed by atoms with van der Waals surface area (Å²) in [5, 5.41) is 17.6. The Hall–Kier alpha value is -0.635. The van der Waals surface area contributed by atoms with Crippen molar-refractivity contribution < 1.29 is 14.9 Å². The molecule has 1 aliphatic heterocycles. The molecule has 1 rings (SSSR count). The molecule has 3 nitrogen and oxygen atoms in total. The zero-order valence-corrected chi connectivity index (χ0v) is 4.82. The van der Waals surface area contributed by atoms with Crippen LogP contribution in [0.4, 0.5) is 0 Å². The van der Waals surface area contributed by atoms with Crippen LogP contribution in [-0.2, 0) is 4.74 Å². The Labute approximate surface area is 54.4 Å². The van der Waals surface area contributed by atoms with Gasteiger partial charge < -0.3 is 14.9 Å². The molecule has 48 valence electrons. The molecule has 0 aliphatic carbocycles. The predicted octanol–water partition coefficient (Wildman–Crippen LogP) is -0.338. The van der Waals surface area contributed by atoms with Gasteiger partial charge in [0.05, 0.1) is 12.1 Å². The van der Waals surface area contributed by atoms with Gasteiger partial charge in [-0.3, -0.25) is 0 Å². The predicted molar refractivity (Wildman–Crippen MR) is 32.0 cm³/mol. The molecular weight excluding hydrogens is 119 g/mol. The van der Waals surface area contributed by atoms with Gasteiger partial charge in [-0.2, -0.15) is 0 Å². The van der Waals surface area contributed by atoms with Crippen molar-refractivity contribution in [1.82, 2.24) is 0 Å². The van der Waals surface area contributed by atoms with Crippen LogP contribution in [0.1, 0.15) is 6.42 Å². The Morgan fingerprint density at radius 2 is 2.44 bits per heavy atom. The van der Waals surface area contributed by atoms with E-state index < -0.39 is 12.1 Å². The molecule has 0 aromatic carbocycles. The first-order valence-corrected chi connectivity index (χ1v) is 2.67. The molecule has 9 heavy (non-hydrogen) atoms. The zero-order valence-electron chi connectivity index (χ0n) is 4.82. The van der Waals surface area contributed by atoms with Gasteiger partial charge in [0.2, 0.25) is 0 Å². The lowest BCUT2D eigenvalue weighted by Gasteiger charge is -2.22. The summed E-state index contributed by atoms with van der Waals surface area (Å²) < 4.78 is 4.62. The molecule has 1 unspecified atom stereocenters. The van der Waals surface area contributed by atoms with E-state index in [1.54, 1.807) is 0 Å². The van der Waals surface area contributed by atoms with E-state index in [1.165, 1.54) is 0 Å². The number of aliphatic hydroxyl groups is 2. The molecule has 0 bridgehead atoms. The van der Waals surface area contributed by atoms with Crippen LogP contribution in [-0.4, -0.2) is 30.2 Å². The molecule has 2 atom stereocenters. The van der Waals surface area contributed by atoms with E-state index in [0.29, 0.717) is 0 Å². The standard InChI is InChI=1S/C5H7BO3/c6-5-4(8)1-3(7)2-9-5/h2,4-5,7-8H,1H2/t4?,5-/m1/s1. The summed E-state index contributed by atoms with van der Waals surface area (Å²) in [6.07, 6.45) is 0.549. The molecule has 0 fully saturated rings. The fourth-order valence-corrected chi connectivity index (χ4v) is 0.626. The average molecular weight is 126 g/mol. The van der Waals surface area contributed by atoms with Crippen molar-refractivity contribution in [3.05, 3.63) is 12.0 Å². The molecule has 0 aromatic heterocycles. The van der Waals surface area contributed by atoms with Crippen LogP contribution in [0.2, 0.25) is 0 Å². The highest BCUT2D eigenvalue weighted by Gasteiger charge is 2.19. The molecular formula is C5H7BO3. The largest absolute Gasteiger partial charge is 0.509 e. The van der Waals surface area contributed by atoms with E-state index in [9.17, 15) is 0 Å². The van der Waals surface area contributed by atoms with Gasteiger partial charge in [-0.25, -0.2) is 0 Å². The first kappa shape index (κ1) is 6.48. The lowest BCUT2D eigenvalue weighted by Crippen LogP contribution is -2.31. The Morgan fingerprint density at radius 3 is 2.89 bits per heavy atom. The van der Waals surface area contributed by atoms with Crippen molar-refractivity contribution in [3.63, 3.8) is 0 Å². The first-order chi connectivity index (χ1) is 4.20. The summed E-state index contributed by atoms with van der Waals surface area (Å²) in [5.74, 6) is 0.0317. The number of ether oxygens (including phenoxy) is 1. The third kappa shape index (κ3) is 1.39. The van der Waals surface area contributed by atoms with Crippen LogP contribution in [0.15, 0.2) is 12.0 Å². The van der Waals surface area contributed by atoms with Crippen molar-refractivity contribution in [2.24, 2.45) is 0 Å². The van der Waals surface area contributed by atoms with Gasteiger partial charge in [-0.05, 0) is 0 Å². The second kappa shape index (κ2) is 2.31. The highest BCUT2D eigenvalue weighted by molar-refractivity contribution is 6.11. The number of hydrogen-bond donors (Lipinski definition) is 2. The molecule has 4 heteroatoms. The van der Waals surface area contributed by atoms with Gasteiger partial charge in [0, 0.05) is 6.42 Å². The third-order valence-electron chi connectivity index (χ3n) is 1.16. The summed E-state index contributed by atoms with van der Waals surface area (Å²) in [4.78, 5) is 0. The molecule has 0 amide bonds. The van der Waals surface area contributed by atoms with E-state index in [0.717, 1.165) is 6.26 Å². The minimum Gasteiger partial charge on any atom is -0.509 e. The van der Waals surface area contributed by atoms with Crippen LogP contribution in [0.5, 0.6) is 0 Å². The monoisotopic (exact) mass is 126 g/mol. The van der Waals surface area contributed by atoms with Crippen LogP contribution < -0.4 is 0 Å². The molecule has 0 saturated carbocycles. The summed E-state index contributed by atoms with van der Waals surface area (Å²) in [5.41, 5.74) is 0. The van der Waals surface area contributed by atoms with Gasteiger partial charge in [0.25, 0.3) is 0 Å². The van der Waals surface area contributed by atoms with Crippen LogP contribution in [0.3, 0.4) is 0 Å². The topological polar surface area (TPSA) is 49.7 Å². The van der Waals surface area contributed by atoms with Gasteiger partial charge in [0.15, 0.2) is 0 Å². The smallest absolute Gasteiger partial charge is 0.130 e. The normalized spacial score (nSPS) is 35.0. The Morgan fingerprint density at radius 1 is 1.78 bits per heavy atom. The lowest BCUT2D eigenvalue weighted by atomic mass is 9.91. The summed E-state index contributed by atoms with van der Waals surface area (Å²) in [7, 11) is 5.21. The van der Waals surface area contributed by atoms with Crippen molar-refractivity contribution >= 4 is 7.85 Å². The van der Waals surface area contributed by atoms with Gasteiger partial charge in [-0.15, -0.1) is 0 Å². The fraction of sp³-hybridized carbons (Fsp3) is 0.600. The van der Waals surface area contributed by atoms with Crippen molar-refractivity contribution in [3.8, 4) is 0 Å². The summed E-state index contributed by atoms with van der Waals surface area (Å²) in [6.45, 7) is 0. The average Bonchev–Trinajstić information content (AvgIpc) is 1.80. The fourth-order valence-electron chi connectivity index (χ4n) is 0.626. The molecule has 0 spiro atoms.